The van der Waals surface area contributed by atoms with E-state index in [2.05, 4.69) is 31.8 Å². The number of H-pyrrole nitrogens is 1. The van der Waals surface area contributed by atoms with Gasteiger partial charge in [0.2, 0.25) is 0 Å². The SMILES string of the molecule is Cc1c(C(=O)NNC(=O)c2ccc(Br)s2)[nH]c2c1C(=O)CCC2. The molecule has 3 N–H and O–H groups in total. The molecule has 2 aromatic rings. The fourth-order valence-electron chi connectivity index (χ4n) is 2.68. The lowest BCUT2D eigenvalue weighted by Gasteiger charge is -2.09. The van der Waals surface area contributed by atoms with E-state index < -0.39 is 5.91 Å². The maximum absolute atomic E-state index is 12.3. The maximum Gasteiger partial charge on any atom is 0.286 e. The number of aromatic nitrogens is 1. The molecule has 0 unspecified atom stereocenters. The van der Waals surface area contributed by atoms with Crippen molar-refractivity contribution in [2.75, 3.05) is 0 Å². The summed E-state index contributed by atoms with van der Waals surface area (Å²) in [6.45, 7) is 1.74. The molecule has 2 amide bonds. The van der Waals surface area contributed by atoms with Crippen molar-refractivity contribution in [2.45, 2.75) is 26.2 Å². The molecule has 0 atom stereocenters. The summed E-state index contributed by atoms with van der Waals surface area (Å²) in [4.78, 5) is 39.6. The van der Waals surface area contributed by atoms with Crippen LogP contribution in [0.1, 0.15) is 54.6 Å². The third kappa shape index (κ3) is 3.09. The van der Waals surface area contributed by atoms with Crippen LogP contribution in [-0.2, 0) is 6.42 Å². The molecule has 8 heteroatoms. The molecule has 1 aliphatic carbocycles. The van der Waals surface area contributed by atoms with Gasteiger partial charge in [-0.2, -0.15) is 0 Å². The lowest BCUT2D eigenvalue weighted by Crippen LogP contribution is -2.41. The normalized spacial score (nSPS) is 13.6. The van der Waals surface area contributed by atoms with Crippen molar-refractivity contribution in [3.63, 3.8) is 0 Å². The van der Waals surface area contributed by atoms with Crippen molar-refractivity contribution in [1.82, 2.24) is 15.8 Å². The van der Waals surface area contributed by atoms with Crippen molar-refractivity contribution in [2.24, 2.45) is 0 Å². The molecule has 0 radical (unpaired) electrons. The van der Waals surface area contributed by atoms with Gasteiger partial charge < -0.3 is 4.98 Å². The molecule has 2 heterocycles. The van der Waals surface area contributed by atoms with E-state index in [-0.39, 0.29) is 11.7 Å². The monoisotopic (exact) mass is 395 g/mol. The Morgan fingerprint density at radius 1 is 1.22 bits per heavy atom. The molecule has 0 bridgehead atoms. The molecule has 0 saturated carbocycles. The predicted molar refractivity (Wildman–Crippen MR) is 89.7 cm³/mol. The van der Waals surface area contributed by atoms with Crippen LogP contribution in [0, 0.1) is 6.92 Å². The molecule has 0 spiro atoms. The molecule has 0 saturated heterocycles. The van der Waals surface area contributed by atoms with Crippen molar-refractivity contribution in [3.8, 4) is 0 Å². The molecular formula is C15H14BrN3O3S. The van der Waals surface area contributed by atoms with Crippen molar-refractivity contribution >= 4 is 44.9 Å². The highest BCUT2D eigenvalue weighted by Crippen LogP contribution is 2.26. The molecular weight excluding hydrogens is 382 g/mol. The summed E-state index contributed by atoms with van der Waals surface area (Å²) in [5.41, 5.74) is 7.13. The minimum Gasteiger partial charge on any atom is -0.354 e. The van der Waals surface area contributed by atoms with Gasteiger partial charge in [-0.15, -0.1) is 11.3 Å². The van der Waals surface area contributed by atoms with Crippen LogP contribution in [0.25, 0.3) is 0 Å². The number of thiophene rings is 1. The fraction of sp³-hybridized carbons (Fsp3) is 0.267. The van der Waals surface area contributed by atoms with Crippen LogP contribution < -0.4 is 10.9 Å². The molecule has 0 fully saturated rings. The van der Waals surface area contributed by atoms with Crippen LogP contribution in [0.4, 0.5) is 0 Å². The van der Waals surface area contributed by atoms with Gasteiger partial charge in [0.25, 0.3) is 11.8 Å². The Balaban J connectivity index is 1.72. The number of nitrogens with one attached hydrogen (secondary N) is 3. The molecule has 0 aliphatic heterocycles. The second-order valence-corrected chi connectivity index (χ2v) is 7.73. The number of Topliss-reactive ketones (excluding diaryl/α,β-unsaturated/α-hetero) is 1. The Bertz CT molecular complexity index is 809. The lowest BCUT2D eigenvalue weighted by molar-refractivity contribution is 0.0846. The van der Waals surface area contributed by atoms with E-state index in [0.717, 1.165) is 22.3 Å². The first-order chi connectivity index (χ1) is 11.0. The Hall–Kier alpha value is -1.93. The maximum atomic E-state index is 12.3. The molecule has 6 nitrogen and oxygen atoms in total. The van der Waals surface area contributed by atoms with Gasteiger partial charge in [-0.25, -0.2) is 0 Å². The zero-order chi connectivity index (χ0) is 16.6. The standard InChI is InChI=1S/C15H14BrN3O3S/c1-7-12-8(3-2-4-9(12)20)17-13(7)15(22)19-18-14(21)10-5-6-11(16)23-10/h5-6,17H,2-4H2,1H3,(H,18,21)(H,19,22). The molecule has 2 aromatic heterocycles. The Kier molecular flexibility index (Phi) is 4.36. The number of carbonyl (C=O) groups is 3. The summed E-state index contributed by atoms with van der Waals surface area (Å²) in [5.74, 6) is -0.792. The van der Waals surface area contributed by atoms with Gasteiger partial charge in [-0.05, 0) is 53.4 Å². The van der Waals surface area contributed by atoms with Crippen LogP contribution in [-0.4, -0.2) is 22.6 Å². The molecule has 120 valence electrons. The first-order valence-corrected chi connectivity index (χ1v) is 8.69. The van der Waals surface area contributed by atoms with Gasteiger partial charge >= 0.3 is 0 Å². The number of hydrogen-bond donors (Lipinski definition) is 3. The predicted octanol–water partition coefficient (Wildman–Crippen LogP) is 2.74. The van der Waals surface area contributed by atoms with Gasteiger partial charge in [0.1, 0.15) is 5.69 Å². The minimum atomic E-state index is -0.464. The zero-order valence-corrected chi connectivity index (χ0v) is 14.7. The van der Waals surface area contributed by atoms with Gasteiger partial charge in [0.15, 0.2) is 5.78 Å². The highest BCUT2D eigenvalue weighted by Gasteiger charge is 2.26. The highest BCUT2D eigenvalue weighted by atomic mass is 79.9. The van der Waals surface area contributed by atoms with Gasteiger partial charge in [-0.3, -0.25) is 25.2 Å². The number of hydrazine groups is 1. The van der Waals surface area contributed by atoms with Crippen LogP contribution in [0.5, 0.6) is 0 Å². The Labute approximate surface area is 144 Å². The van der Waals surface area contributed by atoms with Gasteiger partial charge in [0.05, 0.1) is 8.66 Å². The summed E-state index contributed by atoms with van der Waals surface area (Å²) in [6.07, 6.45) is 2.05. The summed E-state index contributed by atoms with van der Waals surface area (Å²) in [5, 5.41) is 0. The lowest BCUT2D eigenvalue weighted by atomic mass is 9.94. The Morgan fingerprint density at radius 2 is 1.96 bits per heavy atom. The van der Waals surface area contributed by atoms with Gasteiger partial charge in [-0.1, -0.05) is 0 Å². The number of hydrogen-bond acceptors (Lipinski definition) is 4. The average molecular weight is 396 g/mol. The molecule has 23 heavy (non-hydrogen) atoms. The van der Waals surface area contributed by atoms with Crippen LogP contribution >= 0.6 is 27.3 Å². The summed E-state index contributed by atoms with van der Waals surface area (Å²) >= 11 is 4.55. The van der Waals surface area contributed by atoms with E-state index in [1.165, 1.54) is 11.3 Å². The number of aryl methyl sites for hydroxylation is 1. The van der Waals surface area contributed by atoms with E-state index in [1.54, 1.807) is 19.1 Å². The molecule has 1 aliphatic rings. The van der Waals surface area contributed by atoms with Crippen molar-refractivity contribution in [3.05, 3.63) is 43.3 Å². The third-order valence-corrected chi connectivity index (χ3v) is 5.37. The fourth-order valence-corrected chi connectivity index (χ4v) is 3.96. The van der Waals surface area contributed by atoms with Crippen LogP contribution in [0.2, 0.25) is 0 Å². The van der Waals surface area contributed by atoms with Crippen LogP contribution in [0.3, 0.4) is 0 Å². The smallest absolute Gasteiger partial charge is 0.286 e. The topological polar surface area (TPSA) is 91.1 Å². The summed E-state index contributed by atoms with van der Waals surface area (Å²) < 4.78 is 0.834. The van der Waals surface area contributed by atoms with E-state index in [4.69, 9.17) is 0 Å². The molecule has 3 rings (SSSR count). The zero-order valence-electron chi connectivity index (χ0n) is 12.3. The van der Waals surface area contributed by atoms with Crippen LogP contribution in [0.15, 0.2) is 15.9 Å². The number of carbonyl (C=O) groups excluding carboxylic acids is 3. The van der Waals surface area contributed by atoms with E-state index in [9.17, 15) is 14.4 Å². The minimum absolute atomic E-state index is 0.0616. The van der Waals surface area contributed by atoms with Crippen molar-refractivity contribution < 1.29 is 14.4 Å². The first-order valence-electron chi connectivity index (χ1n) is 7.08. The summed E-state index contributed by atoms with van der Waals surface area (Å²) in [6, 6.07) is 3.42. The number of aromatic amines is 1. The highest BCUT2D eigenvalue weighted by molar-refractivity contribution is 9.11. The average Bonchev–Trinajstić information content (AvgIpc) is 3.09. The quantitative estimate of drug-likeness (QED) is 0.682. The summed E-state index contributed by atoms with van der Waals surface area (Å²) in [7, 11) is 0. The van der Waals surface area contributed by atoms with E-state index in [0.29, 0.717) is 28.1 Å². The number of ketones is 1. The number of rotatable bonds is 2. The second kappa shape index (κ2) is 6.29. The number of fused-ring (bicyclic) bond motifs is 1. The second-order valence-electron chi connectivity index (χ2n) is 5.27. The molecule has 0 aromatic carbocycles. The van der Waals surface area contributed by atoms with Crippen molar-refractivity contribution in [1.29, 1.82) is 0 Å². The largest absolute Gasteiger partial charge is 0.354 e. The Morgan fingerprint density at radius 3 is 2.61 bits per heavy atom. The van der Waals surface area contributed by atoms with Gasteiger partial charge in [0, 0.05) is 17.7 Å². The number of amides is 2. The number of halogens is 1. The third-order valence-electron chi connectivity index (χ3n) is 3.75. The van der Waals surface area contributed by atoms with E-state index >= 15 is 0 Å². The first kappa shape index (κ1) is 15.9. The van der Waals surface area contributed by atoms with E-state index in [1.807, 2.05) is 0 Å².